The molecule has 1 atom stereocenters. The molecule has 1 aromatic carbocycles. The van der Waals surface area contributed by atoms with Crippen LogP contribution in [0.15, 0.2) is 36.9 Å². The van der Waals surface area contributed by atoms with Gasteiger partial charge in [-0.3, -0.25) is 0 Å². The van der Waals surface area contributed by atoms with Gasteiger partial charge in [0.2, 0.25) is 0 Å². The largest absolute Gasteiger partial charge is 0.146 e. The molecule has 0 nitrogen and oxygen atoms in total. The SMILES string of the molecule is C=C[C@@H](CCCB1C2CCCC1CCC2)c1ccc(Cl)cc1. The van der Waals surface area contributed by atoms with Crippen LogP contribution in [0, 0.1) is 0 Å². The second-order valence-corrected chi connectivity index (χ2v) is 7.81. The van der Waals surface area contributed by atoms with E-state index in [4.69, 9.17) is 11.6 Å². The molecule has 2 fully saturated rings. The number of hydrogen-bond acceptors (Lipinski definition) is 0. The molecule has 22 heavy (non-hydrogen) atoms. The first-order valence-electron chi connectivity index (χ1n) is 9.16. The van der Waals surface area contributed by atoms with Gasteiger partial charge >= 0.3 is 0 Å². The van der Waals surface area contributed by atoms with Crippen LogP contribution in [0.2, 0.25) is 23.0 Å². The van der Waals surface area contributed by atoms with Crippen LogP contribution in [-0.2, 0) is 0 Å². The molecule has 0 unspecified atom stereocenters. The molecule has 2 aliphatic heterocycles. The van der Waals surface area contributed by atoms with Crippen molar-refractivity contribution >= 4 is 18.3 Å². The van der Waals surface area contributed by atoms with E-state index in [2.05, 4.69) is 24.8 Å². The third-order valence-corrected chi connectivity index (χ3v) is 6.40. The first kappa shape index (κ1) is 16.2. The van der Waals surface area contributed by atoms with Crippen molar-refractivity contribution in [2.24, 2.45) is 0 Å². The lowest BCUT2D eigenvalue weighted by molar-refractivity contribution is 0.439. The molecule has 2 heterocycles. The summed E-state index contributed by atoms with van der Waals surface area (Å²) in [5.74, 6) is 2.58. The van der Waals surface area contributed by atoms with Crippen LogP contribution < -0.4 is 0 Å². The lowest BCUT2D eigenvalue weighted by atomic mass is 9.25. The molecule has 0 amide bonds. The normalized spacial score (nSPS) is 25.8. The number of fused-ring (bicyclic) bond motifs is 2. The van der Waals surface area contributed by atoms with Crippen LogP contribution in [0.1, 0.15) is 62.8 Å². The predicted molar refractivity (Wildman–Crippen MR) is 99.4 cm³/mol. The quantitative estimate of drug-likeness (QED) is 0.392. The van der Waals surface area contributed by atoms with E-state index >= 15 is 0 Å². The van der Waals surface area contributed by atoms with Crippen molar-refractivity contribution in [1.29, 1.82) is 0 Å². The highest BCUT2D eigenvalue weighted by atomic mass is 35.5. The van der Waals surface area contributed by atoms with E-state index in [-0.39, 0.29) is 0 Å². The highest BCUT2D eigenvalue weighted by Gasteiger charge is 2.38. The summed E-state index contributed by atoms with van der Waals surface area (Å²) in [4.78, 5) is 0. The molecule has 2 aliphatic rings. The van der Waals surface area contributed by atoms with Crippen LogP contribution in [-0.4, -0.2) is 6.71 Å². The fourth-order valence-corrected chi connectivity index (χ4v) is 5.12. The van der Waals surface area contributed by atoms with E-state index in [0.29, 0.717) is 5.92 Å². The maximum Gasteiger partial charge on any atom is 0.146 e. The minimum Gasteiger partial charge on any atom is -0.102 e. The molecule has 0 saturated carbocycles. The van der Waals surface area contributed by atoms with Gasteiger partial charge in [-0.05, 0) is 24.1 Å². The lowest BCUT2D eigenvalue weighted by Gasteiger charge is -2.40. The molecule has 0 N–H and O–H groups in total. The van der Waals surface area contributed by atoms with Crippen molar-refractivity contribution < 1.29 is 0 Å². The standard InChI is InChI=1S/C20H28BCl/c1-2-16(17-11-13-20(22)14-12-17)6-5-15-21-18-7-3-8-19(21)10-4-9-18/h2,11-14,16,18-19H,1,3-10,15H2/t16-,18?,19?/m0/s1. The van der Waals surface area contributed by atoms with Gasteiger partial charge in [-0.15, -0.1) is 6.58 Å². The molecular formula is C20H28BCl. The highest BCUT2D eigenvalue weighted by molar-refractivity contribution is 6.62. The smallest absolute Gasteiger partial charge is 0.102 e. The number of benzene rings is 1. The predicted octanol–water partition coefficient (Wildman–Crippen LogP) is 6.99. The fourth-order valence-electron chi connectivity index (χ4n) is 4.99. The van der Waals surface area contributed by atoms with Crippen molar-refractivity contribution in [2.75, 3.05) is 0 Å². The van der Waals surface area contributed by atoms with Crippen LogP contribution in [0.3, 0.4) is 0 Å². The number of rotatable bonds is 6. The maximum atomic E-state index is 5.99. The van der Waals surface area contributed by atoms with E-state index < -0.39 is 0 Å². The Bertz CT molecular complexity index is 459. The molecule has 0 radical (unpaired) electrons. The Labute approximate surface area is 141 Å². The highest BCUT2D eigenvalue weighted by Crippen LogP contribution is 2.48. The van der Waals surface area contributed by atoms with Crippen molar-refractivity contribution in [3.63, 3.8) is 0 Å². The second kappa shape index (κ2) is 7.73. The molecule has 118 valence electrons. The summed E-state index contributed by atoms with van der Waals surface area (Å²) in [5.41, 5.74) is 1.36. The number of halogens is 1. The maximum absolute atomic E-state index is 5.99. The summed E-state index contributed by atoms with van der Waals surface area (Å²) in [6.45, 7) is 5.08. The Balaban J connectivity index is 1.53. The Morgan fingerprint density at radius 1 is 1.09 bits per heavy atom. The molecule has 0 aromatic heterocycles. The van der Waals surface area contributed by atoms with Gasteiger partial charge in [0, 0.05) is 10.9 Å². The van der Waals surface area contributed by atoms with E-state index in [1.807, 2.05) is 12.1 Å². The van der Waals surface area contributed by atoms with Gasteiger partial charge in [0.05, 0.1) is 0 Å². The minimum atomic E-state index is 0.487. The molecular weight excluding hydrogens is 286 g/mol. The zero-order chi connectivity index (χ0) is 15.4. The third-order valence-electron chi connectivity index (χ3n) is 6.15. The molecule has 1 aromatic rings. The number of hydrogen-bond donors (Lipinski definition) is 0. The Morgan fingerprint density at radius 3 is 2.23 bits per heavy atom. The van der Waals surface area contributed by atoms with Gasteiger partial charge in [-0.1, -0.05) is 92.7 Å². The van der Waals surface area contributed by atoms with Crippen molar-refractivity contribution in [3.8, 4) is 0 Å². The number of allylic oxidation sites excluding steroid dienone is 1. The topological polar surface area (TPSA) is 0 Å². The molecule has 0 spiro atoms. The van der Waals surface area contributed by atoms with E-state index in [9.17, 15) is 0 Å². The summed E-state index contributed by atoms with van der Waals surface area (Å²) in [5, 5.41) is 0.821. The second-order valence-electron chi connectivity index (χ2n) is 7.37. The van der Waals surface area contributed by atoms with Gasteiger partial charge in [0.1, 0.15) is 6.71 Å². The van der Waals surface area contributed by atoms with Crippen LogP contribution >= 0.6 is 11.6 Å². The summed E-state index contributed by atoms with van der Waals surface area (Å²) >= 11 is 5.99. The van der Waals surface area contributed by atoms with Gasteiger partial charge in [-0.25, -0.2) is 0 Å². The van der Waals surface area contributed by atoms with Gasteiger partial charge in [0.15, 0.2) is 0 Å². The first-order valence-corrected chi connectivity index (χ1v) is 9.53. The summed E-state index contributed by atoms with van der Waals surface area (Å²) in [6, 6.07) is 8.31. The summed E-state index contributed by atoms with van der Waals surface area (Å²) in [7, 11) is 0. The summed E-state index contributed by atoms with van der Waals surface area (Å²) in [6.07, 6.45) is 15.1. The molecule has 3 rings (SSSR count). The molecule has 2 saturated heterocycles. The monoisotopic (exact) mass is 314 g/mol. The van der Waals surface area contributed by atoms with E-state index in [1.165, 1.54) is 63.3 Å². The van der Waals surface area contributed by atoms with Crippen LogP contribution in [0.4, 0.5) is 0 Å². The average molecular weight is 315 g/mol. The molecule has 0 aliphatic carbocycles. The zero-order valence-electron chi connectivity index (χ0n) is 13.6. The Hall–Kier alpha value is -0.685. The summed E-state index contributed by atoms with van der Waals surface area (Å²) < 4.78 is 0. The minimum absolute atomic E-state index is 0.487. The Morgan fingerprint density at radius 2 is 1.68 bits per heavy atom. The van der Waals surface area contributed by atoms with E-state index in [0.717, 1.165) is 23.4 Å². The fraction of sp³-hybridized carbons (Fsp3) is 0.600. The lowest BCUT2D eigenvalue weighted by Crippen LogP contribution is -2.34. The average Bonchev–Trinajstić information content (AvgIpc) is 2.52. The zero-order valence-corrected chi connectivity index (χ0v) is 14.4. The Kier molecular flexibility index (Phi) is 5.68. The van der Waals surface area contributed by atoms with E-state index in [1.54, 1.807) is 0 Å². The van der Waals surface area contributed by atoms with Crippen molar-refractivity contribution in [2.45, 2.75) is 75.2 Å². The molecule has 2 bridgehead atoms. The van der Waals surface area contributed by atoms with Crippen LogP contribution in [0.25, 0.3) is 0 Å². The van der Waals surface area contributed by atoms with Crippen molar-refractivity contribution in [1.82, 2.24) is 0 Å². The van der Waals surface area contributed by atoms with Gasteiger partial charge in [0.25, 0.3) is 0 Å². The van der Waals surface area contributed by atoms with Crippen molar-refractivity contribution in [3.05, 3.63) is 47.5 Å². The molecule has 2 heteroatoms. The first-order chi connectivity index (χ1) is 10.8. The third kappa shape index (κ3) is 3.80. The van der Waals surface area contributed by atoms with Crippen LogP contribution in [0.5, 0.6) is 0 Å². The van der Waals surface area contributed by atoms with Gasteiger partial charge < -0.3 is 0 Å². The van der Waals surface area contributed by atoms with Gasteiger partial charge in [-0.2, -0.15) is 0 Å².